The van der Waals surface area contributed by atoms with Crippen LogP contribution in [-0.2, 0) is 0 Å². The van der Waals surface area contributed by atoms with Crippen molar-refractivity contribution in [2.75, 3.05) is 6.61 Å². The van der Waals surface area contributed by atoms with Gasteiger partial charge in [-0.05, 0) is 26.8 Å². The van der Waals surface area contributed by atoms with Crippen LogP contribution in [0.25, 0.3) is 0 Å². The zero-order valence-corrected chi connectivity index (χ0v) is 9.66. The van der Waals surface area contributed by atoms with Crippen molar-refractivity contribution in [2.24, 2.45) is 5.73 Å². The van der Waals surface area contributed by atoms with Crippen molar-refractivity contribution in [3.05, 3.63) is 41.5 Å². The van der Waals surface area contributed by atoms with E-state index in [1.807, 2.05) is 38.1 Å². The molecule has 1 aromatic carbocycles. The summed E-state index contributed by atoms with van der Waals surface area (Å²) in [4.78, 5) is 0. The maximum Gasteiger partial charge on any atom is 0.124 e. The van der Waals surface area contributed by atoms with Crippen molar-refractivity contribution in [3.63, 3.8) is 0 Å². The standard InChI is InChI=1S/C13H19NO/c1-4-5-8-15-13-7-6-10(2)9-12(13)11(3)14/h4-7,9,11H,8,14H2,1-3H3/t11-/m1/s1. The number of ether oxygens (including phenoxy) is 1. The molecule has 0 aromatic heterocycles. The molecule has 0 bridgehead atoms. The molecule has 0 fully saturated rings. The van der Waals surface area contributed by atoms with E-state index in [1.165, 1.54) is 5.56 Å². The molecule has 0 amide bonds. The van der Waals surface area contributed by atoms with Crippen molar-refractivity contribution in [2.45, 2.75) is 26.8 Å². The van der Waals surface area contributed by atoms with Crippen LogP contribution in [-0.4, -0.2) is 6.61 Å². The van der Waals surface area contributed by atoms with Gasteiger partial charge in [0.1, 0.15) is 12.4 Å². The molecule has 1 aromatic rings. The second kappa shape index (κ2) is 5.56. The third-order valence-electron chi connectivity index (χ3n) is 2.23. The van der Waals surface area contributed by atoms with Crippen LogP contribution >= 0.6 is 0 Å². The highest BCUT2D eigenvalue weighted by atomic mass is 16.5. The summed E-state index contributed by atoms with van der Waals surface area (Å²) in [6, 6.07) is 6.11. The molecule has 1 rings (SSSR count). The van der Waals surface area contributed by atoms with Gasteiger partial charge in [0.05, 0.1) is 0 Å². The van der Waals surface area contributed by atoms with Crippen LogP contribution < -0.4 is 10.5 Å². The van der Waals surface area contributed by atoms with Crippen LogP contribution in [0.4, 0.5) is 0 Å². The minimum Gasteiger partial charge on any atom is -0.489 e. The first-order valence-electron chi connectivity index (χ1n) is 5.25. The Morgan fingerprint density at radius 2 is 2.20 bits per heavy atom. The van der Waals surface area contributed by atoms with Crippen molar-refractivity contribution in [1.29, 1.82) is 0 Å². The normalized spacial score (nSPS) is 13.1. The quantitative estimate of drug-likeness (QED) is 0.767. The van der Waals surface area contributed by atoms with Gasteiger partial charge in [0.25, 0.3) is 0 Å². The van der Waals surface area contributed by atoms with Gasteiger partial charge in [-0.3, -0.25) is 0 Å². The van der Waals surface area contributed by atoms with Crippen molar-refractivity contribution in [3.8, 4) is 5.75 Å². The molecule has 0 spiro atoms. The Hall–Kier alpha value is -1.28. The summed E-state index contributed by atoms with van der Waals surface area (Å²) in [5.41, 5.74) is 8.17. The lowest BCUT2D eigenvalue weighted by Crippen LogP contribution is -2.08. The molecule has 15 heavy (non-hydrogen) atoms. The van der Waals surface area contributed by atoms with Gasteiger partial charge in [-0.25, -0.2) is 0 Å². The molecule has 2 N–H and O–H groups in total. The van der Waals surface area contributed by atoms with E-state index in [-0.39, 0.29) is 6.04 Å². The van der Waals surface area contributed by atoms with Gasteiger partial charge < -0.3 is 10.5 Å². The molecule has 1 atom stereocenters. The zero-order chi connectivity index (χ0) is 11.3. The third-order valence-corrected chi connectivity index (χ3v) is 2.23. The molecular formula is C13H19NO. The van der Waals surface area contributed by atoms with Crippen LogP contribution in [0, 0.1) is 6.92 Å². The van der Waals surface area contributed by atoms with Gasteiger partial charge in [-0.15, -0.1) is 0 Å². The third kappa shape index (κ3) is 3.40. The Labute approximate surface area is 91.7 Å². The molecule has 0 aliphatic carbocycles. The maximum absolute atomic E-state index is 5.89. The minimum absolute atomic E-state index is 0.00510. The smallest absolute Gasteiger partial charge is 0.124 e. The van der Waals surface area contributed by atoms with Crippen molar-refractivity contribution < 1.29 is 4.74 Å². The Morgan fingerprint density at radius 3 is 2.80 bits per heavy atom. The first-order valence-corrected chi connectivity index (χ1v) is 5.25. The molecule has 2 nitrogen and oxygen atoms in total. The summed E-state index contributed by atoms with van der Waals surface area (Å²) in [5, 5.41) is 0. The lowest BCUT2D eigenvalue weighted by molar-refractivity contribution is 0.356. The number of rotatable bonds is 4. The predicted octanol–water partition coefficient (Wildman–Crippen LogP) is 2.97. The highest BCUT2D eigenvalue weighted by Crippen LogP contribution is 2.24. The molecule has 2 heteroatoms. The summed E-state index contributed by atoms with van der Waals surface area (Å²) >= 11 is 0. The summed E-state index contributed by atoms with van der Waals surface area (Å²) in [5.74, 6) is 0.883. The van der Waals surface area contributed by atoms with E-state index in [0.29, 0.717) is 6.61 Å². The van der Waals surface area contributed by atoms with Crippen LogP contribution in [0.3, 0.4) is 0 Å². The highest BCUT2D eigenvalue weighted by Gasteiger charge is 2.07. The zero-order valence-electron chi connectivity index (χ0n) is 9.66. The van der Waals surface area contributed by atoms with Crippen LogP contribution in [0.15, 0.2) is 30.4 Å². The van der Waals surface area contributed by atoms with Crippen LogP contribution in [0.5, 0.6) is 5.75 Å². The molecule has 0 saturated carbocycles. The number of nitrogens with two attached hydrogens (primary N) is 1. The van der Waals surface area contributed by atoms with E-state index < -0.39 is 0 Å². The Kier molecular flexibility index (Phi) is 4.37. The maximum atomic E-state index is 5.89. The first kappa shape index (κ1) is 11.8. The van der Waals surface area contributed by atoms with E-state index in [9.17, 15) is 0 Å². The lowest BCUT2D eigenvalue weighted by Gasteiger charge is -2.13. The van der Waals surface area contributed by atoms with E-state index in [2.05, 4.69) is 13.0 Å². The van der Waals surface area contributed by atoms with Gasteiger partial charge >= 0.3 is 0 Å². The first-order chi connectivity index (χ1) is 7.15. The Balaban J connectivity index is 2.85. The van der Waals surface area contributed by atoms with Gasteiger partial charge in [0.15, 0.2) is 0 Å². The molecule has 0 unspecified atom stereocenters. The number of benzene rings is 1. The Morgan fingerprint density at radius 1 is 1.47 bits per heavy atom. The van der Waals surface area contributed by atoms with Crippen molar-refractivity contribution >= 4 is 0 Å². The fourth-order valence-corrected chi connectivity index (χ4v) is 1.39. The van der Waals surface area contributed by atoms with E-state index >= 15 is 0 Å². The molecule has 82 valence electrons. The molecule has 0 heterocycles. The number of allylic oxidation sites excluding steroid dienone is 1. The molecule has 0 radical (unpaired) electrons. The second-order valence-corrected chi connectivity index (χ2v) is 3.71. The summed E-state index contributed by atoms with van der Waals surface area (Å²) in [7, 11) is 0. The predicted molar refractivity (Wildman–Crippen MR) is 64.1 cm³/mol. The molecular weight excluding hydrogens is 186 g/mol. The average Bonchev–Trinajstić information content (AvgIpc) is 2.20. The van der Waals surface area contributed by atoms with E-state index in [4.69, 9.17) is 10.5 Å². The van der Waals surface area contributed by atoms with Gasteiger partial charge in [-0.2, -0.15) is 0 Å². The fourth-order valence-electron chi connectivity index (χ4n) is 1.39. The van der Waals surface area contributed by atoms with Crippen LogP contribution in [0.2, 0.25) is 0 Å². The lowest BCUT2D eigenvalue weighted by atomic mass is 10.1. The van der Waals surface area contributed by atoms with Gasteiger partial charge in [-0.1, -0.05) is 29.8 Å². The minimum atomic E-state index is 0.00510. The summed E-state index contributed by atoms with van der Waals surface area (Å²) in [6.07, 6.45) is 3.95. The number of hydrogen-bond donors (Lipinski definition) is 1. The van der Waals surface area contributed by atoms with Gasteiger partial charge in [0, 0.05) is 11.6 Å². The topological polar surface area (TPSA) is 35.2 Å². The number of hydrogen-bond acceptors (Lipinski definition) is 2. The monoisotopic (exact) mass is 205 g/mol. The Bertz CT molecular complexity index is 342. The summed E-state index contributed by atoms with van der Waals surface area (Å²) in [6.45, 7) is 6.60. The highest BCUT2D eigenvalue weighted by molar-refractivity contribution is 5.38. The van der Waals surface area contributed by atoms with E-state index in [1.54, 1.807) is 0 Å². The summed E-state index contributed by atoms with van der Waals surface area (Å²) < 4.78 is 5.63. The van der Waals surface area contributed by atoms with Crippen molar-refractivity contribution in [1.82, 2.24) is 0 Å². The SMILES string of the molecule is CC=CCOc1ccc(C)cc1[C@@H](C)N. The van der Waals surface area contributed by atoms with Gasteiger partial charge in [0.2, 0.25) is 0 Å². The molecule has 0 aliphatic heterocycles. The van der Waals surface area contributed by atoms with Crippen LogP contribution in [0.1, 0.15) is 31.0 Å². The molecule has 0 aliphatic rings. The second-order valence-electron chi connectivity index (χ2n) is 3.71. The average molecular weight is 205 g/mol. The fraction of sp³-hybridized carbons (Fsp3) is 0.385. The van der Waals surface area contributed by atoms with E-state index in [0.717, 1.165) is 11.3 Å². The largest absolute Gasteiger partial charge is 0.489 e. The number of aryl methyl sites for hydroxylation is 1. The molecule has 0 saturated heterocycles.